The summed E-state index contributed by atoms with van der Waals surface area (Å²) in [6.45, 7) is 2.07. The van der Waals surface area contributed by atoms with E-state index in [2.05, 4.69) is 60.8 Å². The molecule has 0 saturated carbocycles. The Morgan fingerprint density at radius 3 is 2.44 bits per heavy atom. The molecule has 1 aromatic heterocycles. The number of nitrogens with one attached hydrogen (secondary N) is 1. The first-order valence-corrected chi connectivity index (χ1v) is 11.6. The highest BCUT2D eigenvalue weighted by molar-refractivity contribution is 6.42. The normalized spacial score (nSPS) is 15.3. The lowest BCUT2D eigenvalue weighted by Crippen LogP contribution is -2.18. The van der Waals surface area contributed by atoms with Crippen molar-refractivity contribution in [1.29, 1.82) is 0 Å². The van der Waals surface area contributed by atoms with Gasteiger partial charge in [0.2, 0.25) is 0 Å². The van der Waals surface area contributed by atoms with Crippen LogP contribution < -0.4 is 5.32 Å². The van der Waals surface area contributed by atoms with Gasteiger partial charge < -0.3 is 5.32 Å². The molecule has 1 aliphatic rings. The molecule has 1 heterocycles. The molecule has 0 aliphatic heterocycles. The Labute approximate surface area is 198 Å². The Hall–Kier alpha value is -2.88. The standard InChI is InChI=1S/C27H23Cl2N3/c1-17-9-11-19(12-10-17)27-31-25(20-13-14-22(28)23(29)15-20)16-26(32-27)30-24-8-4-6-18-5-2-3-7-21(18)24/h2-3,5,7,9-16,24H,4,6,8H2,1H3,(H,30,31,32)/t24-/m1/s1. The molecule has 3 aromatic carbocycles. The van der Waals surface area contributed by atoms with Crippen LogP contribution in [0.5, 0.6) is 0 Å². The van der Waals surface area contributed by atoms with Crippen LogP contribution in [0.4, 0.5) is 5.82 Å². The molecule has 1 atom stereocenters. The molecule has 5 heteroatoms. The summed E-state index contributed by atoms with van der Waals surface area (Å²) in [5, 5.41) is 4.72. The minimum Gasteiger partial charge on any atom is -0.363 e. The van der Waals surface area contributed by atoms with Gasteiger partial charge in [0, 0.05) is 17.2 Å². The minimum absolute atomic E-state index is 0.224. The molecule has 4 aromatic rings. The molecule has 32 heavy (non-hydrogen) atoms. The van der Waals surface area contributed by atoms with Crippen LogP contribution in [0.25, 0.3) is 22.6 Å². The zero-order valence-electron chi connectivity index (χ0n) is 17.8. The molecule has 1 N–H and O–H groups in total. The quantitative estimate of drug-likeness (QED) is 0.336. The Kier molecular flexibility index (Phi) is 5.86. The first kappa shape index (κ1) is 21.0. The summed E-state index contributed by atoms with van der Waals surface area (Å²) in [6, 6.07) is 24.8. The van der Waals surface area contributed by atoms with E-state index in [0.717, 1.165) is 41.9 Å². The van der Waals surface area contributed by atoms with Crippen LogP contribution in [-0.4, -0.2) is 9.97 Å². The van der Waals surface area contributed by atoms with Crippen molar-refractivity contribution in [2.24, 2.45) is 0 Å². The summed E-state index contributed by atoms with van der Waals surface area (Å²) >= 11 is 12.4. The highest BCUT2D eigenvalue weighted by Gasteiger charge is 2.21. The van der Waals surface area contributed by atoms with Crippen molar-refractivity contribution >= 4 is 29.0 Å². The van der Waals surface area contributed by atoms with Gasteiger partial charge in [-0.05, 0) is 49.4 Å². The first-order valence-electron chi connectivity index (χ1n) is 10.8. The van der Waals surface area contributed by atoms with E-state index in [0.29, 0.717) is 15.9 Å². The second kappa shape index (κ2) is 8.93. The van der Waals surface area contributed by atoms with Gasteiger partial charge in [-0.25, -0.2) is 9.97 Å². The lowest BCUT2D eigenvalue weighted by Gasteiger charge is -2.27. The van der Waals surface area contributed by atoms with Gasteiger partial charge >= 0.3 is 0 Å². The van der Waals surface area contributed by atoms with Crippen LogP contribution >= 0.6 is 23.2 Å². The molecule has 5 rings (SSSR count). The van der Waals surface area contributed by atoms with Crippen LogP contribution in [0.3, 0.4) is 0 Å². The maximum atomic E-state index is 6.30. The van der Waals surface area contributed by atoms with E-state index in [-0.39, 0.29) is 6.04 Å². The molecule has 0 unspecified atom stereocenters. The van der Waals surface area contributed by atoms with E-state index in [4.69, 9.17) is 33.2 Å². The van der Waals surface area contributed by atoms with Gasteiger partial charge in [0.15, 0.2) is 5.82 Å². The van der Waals surface area contributed by atoms with Crippen molar-refractivity contribution < 1.29 is 0 Å². The topological polar surface area (TPSA) is 37.8 Å². The van der Waals surface area contributed by atoms with E-state index >= 15 is 0 Å². The third-order valence-corrected chi connectivity index (χ3v) is 6.68. The largest absolute Gasteiger partial charge is 0.363 e. The van der Waals surface area contributed by atoms with Crippen LogP contribution in [-0.2, 0) is 6.42 Å². The summed E-state index contributed by atoms with van der Waals surface area (Å²) in [7, 11) is 0. The maximum Gasteiger partial charge on any atom is 0.162 e. The van der Waals surface area contributed by atoms with Crippen LogP contribution in [0, 0.1) is 6.92 Å². The Bertz CT molecular complexity index is 1270. The maximum absolute atomic E-state index is 6.30. The zero-order valence-corrected chi connectivity index (χ0v) is 19.3. The molecule has 1 aliphatic carbocycles. The molecule has 3 nitrogen and oxygen atoms in total. The predicted molar refractivity (Wildman–Crippen MR) is 133 cm³/mol. The summed E-state index contributed by atoms with van der Waals surface area (Å²) in [4.78, 5) is 9.74. The van der Waals surface area contributed by atoms with Gasteiger partial charge in [-0.3, -0.25) is 0 Å². The van der Waals surface area contributed by atoms with E-state index in [1.165, 1.54) is 16.7 Å². The SMILES string of the molecule is Cc1ccc(-c2nc(N[C@@H]3CCCc4ccccc43)cc(-c3ccc(Cl)c(Cl)c3)n2)cc1. The fraction of sp³-hybridized carbons (Fsp3) is 0.185. The molecular weight excluding hydrogens is 437 g/mol. The lowest BCUT2D eigenvalue weighted by atomic mass is 9.88. The van der Waals surface area contributed by atoms with Gasteiger partial charge in [-0.15, -0.1) is 0 Å². The number of halogens is 2. The van der Waals surface area contributed by atoms with E-state index in [1.807, 2.05) is 18.2 Å². The van der Waals surface area contributed by atoms with Gasteiger partial charge in [-0.1, -0.05) is 83.4 Å². The van der Waals surface area contributed by atoms with E-state index in [1.54, 1.807) is 6.07 Å². The van der Waals surface area contributed by atoms with Crippen molar-refractivity contribution in [3.63, 3.8) is 0 Å². The zero-order chi connectivity index (χ0) is 22.1. The molecule has 0 fully saturated rings. The number of hydrogen-bond acceptors (Lipinski definition) is 3. The van der Waals surface area contributed by atoms with Gasteiger partial charge in [0.05, 0.1) is 21.8 Å². The summed E-state index contributed by atoms with van der Waals surface area (Å²) in [5.41, 5.74) is 6.65. The van der Waals surface area contributed by atoms with Crippen LogP contribution in [0.2, 0.25) is 10.0 Å². The molecule has 0 radical (unpaired) electrons. The Morgan fingerprint density at radius 1 is 0.844 bits per heavy atom. The number of hydrogen-bond donors (Lipinski definition) is 1. The number of benzene rings is 3. The Morgan fingerprint density at radius 2 is 1.62 bits per heavy atom. The average Bonchev–Trinajstić information content (AvgIpc) is 2.81. The monoisotopic (exact) mass is 459 g/mol. The smallest absolute Gasteiger partial charge is 0.162 e. The third-order valence-electron chi connectivity index (χ3n) is 5.94. The number of aromatic nitrogens is 2. The molecular formula is C27H23Cl2N3. The molecule has 160 valence electrons. The highest BCUT2D eigenvalue weighted by Crippen LogP contribution is 2.34. The second-order valence-corrected chi connectivity index (χ2v) is 9.06. The number of aryl methyl sites for hydroxylation is 2. The van der Waals surface area contributed by atoms with Crippen LogP contribution in [0.15, 0.2) is 72.8 Å². The van der Waals surface area contributed by atoms with Crippen molar-refractivity contribution in [3.8, 4) is 22.6 Å². The van der Waals surface area contributed by atoms with E-state index in [9.17, 15) is 0 Å². The van der Waals surface area contributed by atoms with Crippen molar-refractivity contribution in [2.75, 3.05) is 5.32 Å². The molecule has 0 bridgehead atoms. The minimum atomic E-state index is 0.224. The molecule has 0 spiro atoms. The second-order valence-electron chi connectivity index (χ2n) is 8.24. The molecule has 0 saturated heterocycles. The van der Waals surface area contributed by atoms with E-state index < -0.39 is 0 Å². The van der Waals surface area contributed by atoms with Crippen LogP contribution in [0.1, 0.15) is 35.6 Å². The molecule has 0 amide bonds. The predicted octanol–water partition coefficient (Wildman–Crippen LogP) is 7.92. The van der Waals surface area contributed by atoms with Gasteiger partial charge in [0.25, 0.3) is 0 Å². The fourth-order valence-electron chi connectivity index (χ4n) is 4.24. The van der Waals surface area contributed by atoms with Gasteiger partial charge in [0.1, 0.15) is 5.82 Å². The summed E-state index contributed by atoms with van der Waals surface area (Å²) < 4.78 is 0. The van der Waals surface area contributed by atoms with Crippen molar-refractivity contribution in [2.45, 2.75) is 32.2 Å². The van der Waals surface area contributed by atoms with Crippen molar-refractivity contribution in [3.05, 3.63) is 99.5 Å². The summed E-state index contributed by atoms with van der Waals surface area (Å²) in [6.07, 6.45) is 3.36. The number of nitrogens with zero attached hydrogens (tertiary/aromatic N) is 2. The Balaban J connectivity index is 1.58. The number of anilines is 1. The summed E-state index contributed by atoms with van der Waals surface area (Å²) in [5.74, 6) is 1.48. The fourth-order valence-corrected chi connectivity index (χ4v) is 4.54. The highest BCUT2D eigenvalue weighted by atomic mass is 35.5. The number of rotatable bonds is 4. The first-order chi connectivity index (χ1) is 15.6. The van der Waals surface area contributed by atoms with Gasteiger partial charge in [-0.2, -0.15) is 0 Å². The average molecular weight is 460 g/mol. The number of fused-ring (bicyclic) bond motifs is 1. The third kappa shape index (κ3) is 4.36. The lowest BCUT2D eigenvalue weighted by molar-refractivity contribution is 0.598. The van der Waals surface area contributed by atoms with Crippen molar-refractivity contribution in [1.82, 2.24) is 9.97 Å².